The van der Waals surface area contributed by atoms with E-state index in [0.717, 1.165) is 11.1 Å². The number of ether oxygens (including phenoxy) is 1. The fraction of sp³-hybridized carbons (Fsp3) is 0.357. The Bertz CT molecular complexity index is 638. The molecule has 0 radical (unpaired) electrons. The summed E-state index contributed by atoms with van der Waals surface area (Å²) in [6.07, 6.45) is -1.15. The summed E-state index contributed by atoms with van der Waals surface area (Å²) in [5, 5.41) is 12.9. The average molecular weight is 289 g/mol. The summed E-state index contributed by atoms with van der Waals surface area (Å²) in [5.41, 5.74) is 1.78. The lowest BCUT2D eigenvalue weighted by Gasteiger charge is -2.31. The minimum atomic E-state index is -0.915. The first kappa shape index (κ1) is 13.6. The van der Waals surface area contributed by atoms with Gasteiger partial charge in [0.2, 0.25) is 11.7 Å². The maximum absolute atomic E-state index is 11.0. The molecule has 0 bridgehead atoms. The number of hydrogen-bond acceptors (Lipinski definition) is 5. The molecule has 0 saturated carbocycles. The van der Waals surface area contributed by atoms with Gasteiger partial charge in [-0.1, -0.05) is 29.4 Å². The summed E-state index contributed by atoms with van der Waals surface area (Å²) in [6, 6.07) is 7.56. The highest BCUT2D eigenvalue weighted by Crippen LogP contribution is 2.25. The van der Waals surface area contributed by atoms with Crippen molar-refractivity contribution in [1.29, 1.82) is 0 Å². The summed E-state index contributed by atoms with van der Waals surface area (Å²) in [4.78, 5) is 16.5. The molecule has 2 aromatic rings. The van der Waals surface area contributed by atoms with E-state index < -0.39 is 6.09 Å². The number of benzene rings is 1. The second kappa shape index (κ2) is 5.53. The van der Waals surface area contributed by atoms with Crippen molar-refractivity contribution < 1.29 is 19.2 Å². The van der Waals surface area contributed by atoms with E-state index in [2.05, 4.69) is 10.1 Å². The van der Waals surface area contributed by atoms with Crippen molar-refractivity contribution in [2.24, 2.45) is 0 Å². The molecule has 3 rings (SSSR count). The maximum Gasteiger partial charge on any atom is 0.407 e. The van der Waals surface area contributed by atoms with Crippen LogP contribution in [-0.4, -0.2) is 45.9 Å². The van der Waals surface area contributed by atoms with E-state index in [9.17, 15) is 4.79 Å². The lowest BCUT2D eigenvalue weighted by atomic mass is 10.1. The smallest absolute Gasteiger partial charge is 0.407 e. The highest BCUT2D eigenvalue weighted by molar-refractivity contribution is 5.65. The van der Waals surface area contributed by atoms with Crippen LogP contribution in [0.2, 0.25) is 0 Å². The lowest BCUT2D eigenvalue weighted by molar-refractivity contribution is -0.0231. The van der Waals surface area contributed by atoms with Crippen molar-refractivity contribution in [1.82, 2.24) is 15.0 Å². The van der Waals surface area contributed by atoms with Crippen LogP contribution in [0.1, 0.15) is 17.6 Å². The van der Waals surface area contributed by atoms with Crippen molar-refractivity contribution >= 4 is 6.09 Å². The van der Waals surface area contributed by atoms with E-state index >= 15 is 0 Å². The predicted molar refractivity (Wildman–Crippen MR) is 72.8 cm³/mol. The van der Waals surface area contributed by atoms with Gasteiger partial charge in [0, 0.05) is 19.0 Å². The molecule has 1 aliphatic heterocycles. The summed E-state index contributed by atoms with van der Waals surface area (Å²) >= 11 is 0. The van der Waals surface area contributed by atoms with Crippen LogP contribution in [0.5, 0.6) is 0 Å². The topological polar surface area (TPSA) is 88.7 Å². The van der Waals surface area contributed by atoms with E-state index in [4.69, 9.17) is 14.4 Å². The van der Waals surface area contributed by atoms with E-state index in [1.807, 2.05) is 24.3 Å². The number of nitrogens with zero attached hydrogens (tertiary/aromatic N) is 3. The quantitative estimate of drug-likeness (QED) is 0.910. The minimum absolute atomic E-state index is 0.240. The molecule has 1 fully saturated rings. The number of hydrogen-bond donors (Lipinski definition) is 1. The van der Waals surface area contributed by atoms with Crippen LogP contribution in [-0.2, 0) is 4.74 Å². The first-order valence-electron chi connectivity index (χ1n) is 6.63. The van der Waals surface area contributed by atoms with Crippen molar-refractivity contribution in [3.8, 4) is 11.4 Å². The Labute approximate surface area is 121 Å². The van der Waals surface area contributed by atoms with Gasteiger partial charge in [-0.2, -0.15) is 4.98 Å². The second-order valence-corrected chi connectivity index (χ2v) is 4.85. The maximum atomic E-state index is 11.0. The van der Waals surface area contributed by atoms with Crippen LogP contribution in [0.15, 0.2) is 28.8 Å². The Morgan fingerprint density at radius 2 is 2.14 bits per heavy atom. The van der Waals surface area contributed by atoms with Gasteiger partial charge in [0.1, 0.15) is 6.10 Å². The molecule has 1 saturated heterocycles. The summed E-state index contributed by atoms with van der Waals surface area (Å²) in [6.45, 7) is 2.89. The molecule has 1 aromatic carbocycles. The third kappa shape index (κ3) is 2.87. The molecule has 1 atom stereocenters. The van der Waals surface area contributed by atoms with Crippen LogP contribution >= 0.6 is 0 Å². The number of morpholine rings is 1. The van der Waals surface area contributed by atoms with Crippen LogP contribution in [0.4, 0.5) is 4.79 Å². The standard InChI is InChI=1S/C14H15N3O4/c1-9-15-13(16-21-9)11-4-2-10(3-5-11)12-8-17(14(18)19)6-7-20-12/h2-5,12H,6-8H2,1H3,(H,18,19)/t12-/m1/s1. The predicted octanol–water partition coefficient (Wildman–Crippen LogP) is 2.10. The molecular weight excluding hydrogens is 274 g/mol. The van der Waals surface area contributed by atoms with Crippen molar-refractivity contribution in [3.63, 3.8) is 0 Å². The second-order valence-electron chi connectivity index (χ2n) is 4.85. The number of carbonyl (C=O) groups is 1. The Kier molecular flexibility index (Phi) is 3.57. The van der Waals surface area contributed by atoms with Crippen molar-refractivity contribution in [2.45, 2.75) is 13.0 Å². The number of amides is 1. The highest BCUT2D eigenvalue weighted by Gasteiger charge is 2.25. The SMILES string of the molecule is Cc1nc(-c2ccc([C@H]3CN(C(=O)O)CCO3)cc2)no1. The molecule has 21 heavy (non-hydrogen) atoms. The number of rotatable bonds is 2. The number of aryl methyl sites for hydroxylation is 1. The lowest BCUT2D eigenvalue weighted by Crippen LogP contribution is -2.41. The average Bonchev–Trinajstić information content (AvgIpc) is 2.94. The van der Waals surface area contributed by atoms with Crippen molar-refractivity contribution in [2.75, 3.05) is 19.7 Å². The molecule has 7 heteroatoms. The third-order valence-electron chi connectivity index (χ3n) is 3.41. The molecule has 1 aliphatic rings. The Morgan fingerprint density at radius 3 is 2.76 bits per heavy atom. The summed E-state index contributed by atoms with van der Waals surface area (Å²) < 4.78 is 10.6. The molecule has 1 N–H and O–H groups in total. The molecule has 1 amide bonds. The summed E-state index contributed by atoms with van der Waals surface area (Å²) in [5.74, 6) is 1.05. The van der Waals surface area contributed by atoms with Gasteiger partial charge in [-0.05, 0) is 5.56 Å². The highest BCUT2D eigenvalue weighted by atomic mass is 16.5. The summed E-state index contributed by atoms with van der Waals surface area (Å²) in [7, 11) is 0. The van der Waals surface area contributed by atoms with Crippen LogP contribution < -0.4 is 0 Å². The molecule has 0 aliphatic carbocycles. The van der Waals surface area contributed by atoms with E-state index in [-0.39, 0.29) is 6.10 Å². The van der Waals surface area contributed by atoms with Gasteiger partial charge < -0.3 is 19.3 Å². The Balaban J connectivity index is 1.76. The number of carboxylic acid groups (broad SMARTS) is 1. The van der Waals surface area contributed by atoms with Gasteiger partial charge in [0.05, 0.1) is 13.2 Å². The molecule has 1 aromatic heterocycles. The molecule has 0 spiro atoms. The Hall–Kier alpha value is -2.41. The molecular formula is C14H15N3O4. The zero-order valence-corrected chi connectivity index (χ0v) is 11.5. The van der Waals surface area contributed by atoms with Crippen LogP contribution in [0.3, 0.4) is 0 Å². The minimum Gasteiger partial charge on any atom is -0.465 e. The first-order valence-corrected chi connectivity index (χ1v) is 6.63. The molecule has 110 valence electrons. The van der Waals surface area contributed by atoms with E-state index in [1.165, 1.54) is 4.90 Å². The normalized spacial score (nSPS) is 18.7. The number of aromatic nitrogens is 2. The van der Waals surface area contributed by atoms with Gasteiger partial charge in [0.25, 0.3) is 0 Å². The molecule has 7 nitrogen and oxygen atoms in total. The fourth-order valence-corrected chi connectivity index (χ4v) is 2.29. The zero-order valence-electron chi connectivity index (χ0n) is 11.5. The molecule has 2 heterocycles. The zero-order chi connectivity index (χ0) is 14.8. The molecule has 0 unspecified atom stereocenters. The van der Waals surface area contributed by atoms with Crippen LogP contribution in [0.25, 0.3) is 11.4 Å². The van der Waals surface area contributed by atoms with E-state index in [0.29, 0.717) is 31.4 Å². The van der Waals surface area contributed by atoms with E-state index in [1.54, 1.807) is 6.92 Å². The fourth-order valence-electron chi connectivity index (χ4n) is 2.29. The van der Waals surface area contributed by atoms with Gasteiger partial charge in [-0.15, -0.1) is 0 Å². The van der Waals surface area contributed by atoms with Gasteiger partial charge >= 0.3 is 6.09 Å². The van der Waals surface area contributed by atoms with Crippen LogP contribution in [0, 0.1) is 6.92 Å². The van der Waals surface area contributed by atoms with Gasteiger partial charge in [-0.3, -0.25) is 0 Å². The largest absolute Gasteiger partial charge is 0.465 e. The van der Waals surface area contributed by atoms with Gasteiger partial charge in [0.15, 0.2) is 0 Å². The van der Waals surface area contributed by atoms with Gasteiger partial charge in [-0.25, -0.2) is 4.79 Å². The first-order chi connectivity index (χ1) is 10.1. The monoisotopic (exact) mass is 289 g/mol. The Morgan fingerprint density at radius 1 is 1.38 bits per heavy atom. The van der Waals surface area contributed by atoms with Crippen molar-refractivity contribution in [3.05, 3.63) is 35.7 Å². The third-order valence-corrected chi connectivity index (χ3v) is 3.41.